The van der Waals surface area contributed by atoms with E-state index in [0.29, 0.717) is 30.3 Å². The zero-order chi connectivity index (χ0) is 21.3. The SMILES string of the molecule is CCNC(=NCc1cc(OC)c(OC)c(OC)c1)NCc1nnc2n1CCCCC2. The van der Waals surface area contributed by atoms with E-state index >= 15 is 0 Å². The first-order chi connectivity index (χ1) is 14.7. The summed E-state index contributed by atoms with van der Waals surface area (Å²) in [5.41, 5.74) is 0.957. The summed E-state index contributed by atoms with van der Waals surface area (Å²) in [6.07, 6.45) is 4.61. The van der Waals surface area contributed by atoms with Gasteiger partial charge in [0.05, 0.1) is 34.4 Å². The van der Waals surface area contributed by atoms with Crippen LogP contribution in [0.25, 0.3) is 0 Å². The van der Waals surface area contributed by atoms with Crippen LogP contribution in [0.3, 0.4) is 0 Å². The summed E-state index contributed by atoms with van der Waals surface area (Å²) < 4.78 is 18.5. The molecule has 3 rings (SSSR count). The van der Waals surface area contributed by atoms with Crippen molar-refractivity contribution in [2.24, 2.45) is 4.99 Å². The molecule has 2 N–H and O–H groups in total. The Kier molecular flexibility index (Phi) is 7.75. The molecule has 2 heterocycles. The third-order valence-electron chi connectivity index (χ3n) is 5.09. The Morgan fingerprint density at radius 3 is 2.47 bits per heavy atom. The number of guanidine groups is 1. The van der Waals surface area contributed by atoms with Gasteiger partial charge in [-0.2, -0.15) is 0 Å². The fourth-order valence-corrected chi connectivity index (χ4v) is 3.58. The van der Waals surface area contributed by atoms with Crippen LogP contribution in [0.4, 0.5) is 0 Å². The average Bonchev–Trinajstić information content (AvgIpc) is 3.00. The van der Waals surface area contributed by atoms with E-state index in [-0.39, 0.29) is 0 Å². The van der Waals surface area contributed by atoms with Crippen molar-refractivity contribution >= 4 is 5.96 Å². The number of nitrogens with one attached hydrogen (secondary N) is 2. The van der Waals surface area contributed by atoms with Crippen LogP contribution in [0.5, 0.6) is 17.2 Å². The van der Waals surface area contributed by atoms with Gasteiger partial charge < -0.3 is 29.4 Å². The Bertz CT molecular complexity index is 839. The molecule has 30 heavy (non-hydrogen) atoms. The molecule has 2 aromatic rings. The first-order valence-electron chi connectivity index (χ1n) is 10.4. The van der Waals surface area contributed by atoms with E-state index in [2.05, 4.69) is 25.4 Å². The summed E-state index contributed by atoms with van der Waals surface area (Å²) >= 11 is 0. The summed E-state index contributed by atoms with van der Waals surface area (Å²) in [5.74, 6) is 4.56. The summed E-state index contributed by atoms with van der Waals surface area (Å²) in [5, 5.41) is 15.4. The molecule has 0 amide bonds. The molecule has 0 radical (unpaired) electrons. The third-order valence-corrected chi connectivity index (χ3v) is 5.09. The number of aromatic nitrogens is 3. The van der Waals surface area contributed by atoms with E-state index in [1.165, 1.54) is 19.3 Å². The summed E-state index contributed by atoms with van der Waals surface area (Å²) in [6, 6.07) is 3.82. The lowest BCUT2D eigenvalue weighted by Crippen LogP contribution is -2.37. The molecular formula is C21H32N6O3. The molecule has 0 bridgehead atoms. The first-order valence-corrected chi connectivity index (χ1v) is 10.4. The molecule has 9 heteroatoms. The fraction of sp³-hybridized carbons (Fsp3) is 0.571. The molecule has 0 saturated heterocycles. The molecule has 0 saturated carbocycles. The molecule has 1 aromatic heterocycles. The zero-order valence-corrected chi connectivity index (χ0v) is 18.3. The lowest BCUT2D eigenvalue weighted by Gasteiger charge is -2.14. The predicted molar refractivity (Wildman–Crippen MR) is 115 cm³/mol. The van der Waals surface area contributed by atoms with Gasteiger partial charge in [-0.25, -0.2) is 4.99 Å². The van der Waals surface area contributed by atoms with Crippen molar-refractivity contribution in [3.05, 3.63) is 29.3 Å². The monoisotopic (exact) mass is 416 g/mol. The minimum absolute atomic E-state index is 0.462. The van der Waals surface area contributed by atoms with E-state index < -0.39 is 0 Å². The second-order valence-corrected chi connectivity index (χ2v) is 7.08. The van der Waals surface area contributed by atoms with Gasteiger partial charge in [-0.1, -0.05) is 6.42 Å². The molecule has 9 nitrogen and oxygen atoms in total. The molecule has 164 valence electrons. The Morgan fingerprint density at radius 2 is 1.80 bits per heavy atom. The highest BCUT2D eigenvalue weighted by atomic mass is 16.5. The molecule has 0 aliphatic carbocycles. The van der Waals surface area contributed by atoms with E-state index in [0.717, 1.165) is 42.7 Å². The van der Waals surface area contributed by atoms with Crippen molar-refractivity contribution in [3.63, 3.8) is 0 Å². The second-order valence-electron chi connectivity index (χ2n) is 7.08. The maximum absolute atomic E-state index is 5.43. The maximum atomic E-state index is 5.43. The zero-order valence-electron chi connectivity index (χ0n) is 18.3. The van der Waals surface area contributed by atoms with E-state index in [4.69, 9.17) is 19.2 Å². The number of aryl methyl sites for hydroxylation is 1. The number of hydrogen-bond donors (Lipinski definition) is 2. The minimum atomic E-state index is 0.462. The highest BCUT2D eigenvalue weighted by molar-refractivity contribution is 5.79. The second kappa shape index (κ2) is 10.7. The lowest BCUT2D eigenvalue weighted by molar-refractivity contribution is 0.324. The number of fused-ring (bicyclic) bond motifs is 1. The number of aliphatic imine (C=N–C) groups is 1. The minimum Gasteiger partial charge on any atom is -0.493 e. The number of hydrogen-bond acceptors (Lipinski definition) is 6. The van der Waals surface area contributed by atoms with Gasteiger partial charge in [-0.15, -0.1) is 10.2 Å². The molecule has 1 aromatic carbocycles. The summed E-state index contributed by atoms with van der Waals surface area (Å²) in [7, 11) is 4.81. The Balaban J connectivity index is 1.71. The Labute approximate surface area is 177 Å². The van der Waals surface area contributed by atoms with Gasteiger partial charge in [0.2, 0.25) is 5.75 Å². The van der Waals surface area contributed by atoms with E-state index in [1.54, 1.807) is 21.3 Å². The van der Waals surface area contributed by atoms with Gasteiger partial charge in [0, 0.05) is 19.5 Å². The number of rotatable bonds is 8. The smallest absolute Gasteiger partial charge is 0.203 e. The third kappa shape index (κ3) is 5.14. The molecule has 0 unspecified atom stereocenters. The Hall–Kier alpha value is -2.97. The molecule has 1 aliphatic heterocycles. The normalized spacial score (nSPS) is 13.9. The van der Waals surface area contributed by atoms with Gasteiger partial charge in [0.15, 0.2) is 23.3 Å². The molecule has 0 atom stereocenters. The highest BCUT2D eigenvalue weighted by Gasteiger charge is 2.15. The molecule has 0 fully saturated rings. The summed E-state index contributed by atoms with van der Waals surface area (Å²) in [4.78, 5) is 4.71. The van der Waals surface area contributed by atoms with Gasteiger partial charge in [-0.3, -0.25) is 0 Å². The van der Waals surface area contributed by atoms with Crippen LogP contribution in [-0.4, -0.2) is 48.6 Å². The van der Waals surface area contributed by atoms with Gasteiger partial charge in [0.25, 0.3) is 0 Å². The Morgan fingerprint density at radius 1 is 1.03 bits per heavy atom. The highest BCUT2D eigenvalue weighted by Crippen LogP contribution is 2.38. The topological polar surface area (TPSA) is 94.8 Å². The number of methoxy groups -OCH3 is 3. The largest absolute Gasteiger partial charge is 0.493 e. The van der Waals surface area contributed by atoms with Crippen molar-refractivity contribution < 1.29 is 14.2 Å². The van der Waals surface area contributed by atoms with Crippen molar-refractivity contribution in [1.29, 1.82) is 0 Å². The van der Waals surface area contributed by atoms with E-state index in [9.17, 15) is 0 Å². The first kappa shape index (κ1) is 21.7. The van der Waals surface area contributed by atoms with Crippen molar-refractivity contribution in [1.82, 2.24) is 25.4 Å². The van der Waals surface area contributed by atoms with Crippen LogP contribution in [0, 0.1) is 0 Å². The van der Waals surface area contributed by atoms with Crippen LogP contribution < -0.4 is 24.8 Å². The van der Waals surface area contributed by atoms with Gasteiger partial charge in [-0.05, 0) is 37.5 Å². The fourth-order valence-electron chi connectivity index (χ4n) is 3.58. The molecule has 0 spiro atoms. The van der Waals surface area contributed by atoms with Crippen LogP contribution in [0.1, 0.15) is 43.4 Å². The van der Waals surface area contributed by atoms with Crippen molar-refractivity contribution in [2.45, 2.75) is 52.2 Å². The van der Waals surface area contributed by atoms with E-state index in [1.807, 2.05) is 19.1 Å². The molecular weight excluding hydrogens is 384 g/mol. The molecule has 1 aliphatic rings. The van der Waals surface area contributed by atoms with Gasteiger partial charge in [0.1, 0.15) is 5.82 Å². The lowest BCUT2D eigenvalue weighted by atomic mass is 10.2. The maximum Gasteiger partial charge on any atom is 0.203 e. The predicted octanol–water partition coefficient (Wildman–Crippen LogP) is 2.29. The van der Waals surface area contributed by atoms with Gasteiger partial charge >= 0.3 is 0 Å². The number of benzene rings is 1. The summed E-state index contributed by atoms with van der Waals surface area (Å²) in [6.45, 7) is 4.83. The van der Waals surface area contributed by atoms with Crippen LogP contribution in [0.15, 0.2) is 17.1 Å². The quantitative estimate of drug-likeness (QED) is 0.504. The van der Waals surface area contributed by atoms with Crippen molar-refractivity contribution in [2.75, 3.05) is 27.9 Å². The van der Waals surface area contributed by atoms with Crippen LogP contribution in [-0.2, 0) is 26.1 Å². The number of ether oxygens (including phenoxy) is 3. The number of nitrogens with zero attached hydrogens (tertiary/aromatic N) is 4. The standard InChI is InChI=1S/C21H32N6O3/c1-5-22-21(24-14-19-26-25-18-9-7-6-8-10-27(18)19)23-13-15-11-16(28-2)20(30-4)17(12-15)29-3/h11-12H,5-10,13-14H2,1-4H3,(H2,22,23,24). The van der Waals surface area contributed by atoms with Crippen LogP contribution in [0.2, 0.25) is 0 Å². The van der Waals surface area contributed by atoms with Crippen LogP contribution >= 0.6 is 0 Å². The van der Waals surface area contributed by atoms with Crippen molar-refractivity contribution in [3.8, 4) is 17.2 Å². The average molecular weight is 417 g/mol.